The van der Waals surface area contributed by atoms with Gasteiger partial charge >= 0.3 is 0 Å². The van der Waals surface area contributed by atoms with Crippen LogP contribution < -0.4 is 29.2 Å². The summed E-state index contributed by atoms with van der Waals surface area (Å²) in [7, 11) is 6.01. The molecule has 3 heterocycles. The van der Waals surface area contributed by atoms with Gasteiger partial charge in [0.2, 0.25) is 11.7 Å². The van der Waals surface area contributed by atoms with E-state index in [2.05, 4.69) is 5.32 Å². The van der Waals surface area contributed by atoms with Gasteiger partial charge in [-0.15, -0.1) is 0 Å². The van der Waals surface area contributed by atoms with Crippen molar-refractivity contribution in [3.05, 3.63) is 77.4 Å². The van der Waals surface area contributed by atoms with Gasteiger partial charge in [0.15, 0.2) is 23.1 Å². The van der Waals surface area contributed by atoms with Crippen LogP contribution in [0.15, 0.2) is 60.7 Å². The Kier molecular flexibility index (Phi) is 6.25. The van der Waals surface area contributed by atoms with Crippen LogP contribution in [0.1, 0.15) is 28.4 Å². The minimum Gasteiger partial charge on any atom is -0.497 e. The van der Waals surface area contributed by atoms with Crippen molar-refractivity contribution in [2.45, 2.75) is 24.4 Å². The number of carbonyl (C=O) groups is 3. The first-order chi connectivity index (χ1) is 19.8. The Hall–Kier alpha value is -4.79. The summed E-state index contributed by atoms with van der Waals surface area (Å²) in [6, 6.07) is 14.5. The molecule has 1 saturated heterocycles. The van der Waals surface area contributed by atoms with Crippen LogP contribution >= 0.6 is 0 Å². The Morgan fingerprint density at radius 1 is 0.902 bits per heavy atom. The summed E-state index contributed by atoms with van der Waals surface area (Å²) in [6.07, 6.45) is 3.85. The van der Waals surface area contributed by atoms with E-state index in [1.54, 1.807) is 19.2 Å². The second kappa shape index (κ2) is 9.69. The molecule has 0 bridgehead atoms. The van der Waals surface area contributed by atoms with Crippen LogP contribution in [-0.4, -0.2) is 58.0 Å². The highest BCUT2D eigenvalue weighted by Crippen LogP contribution is 2.58. The van der Waals surface area contributed by atoms with Gasteiger partial charge in [-0.2, -0.15) is 0 Å². The number of methoxy groups -OCH3 is 4. The molecule has 0 radical (unpaired) electrons. The van der Waals surface area contributed by atoms with Gasteiger partial charge in [0.1, 0.15) is 11.2 Å². The lowest BCUT2D eigenvalue weighted by Crippen LogP contribution is -2.51. The number of nitrogens with one attached hydrogen (secondary N) is 1. The van der Waals surface area contributed by atoms with Gasteiger partial charge in [0.25, 0.3) is 0 Å². The first-order valence-corrected chi connectivity index (χ1v) is 13.2. The van der Waals surface area contributed by atoms with Crippen LogP contribution in [-0.2, 0) is 15.0 Å². The standard InChI is InChI=1S/C32H30N2O7/c1-17(35)28-27(29(36)19-15-24(39-3)30(41-5)25(16-19)40-4)32(21-8-6-7-9-22(21)33-31(32)37)26-13-10-18-14-20(38-2)11-12-23(18)34(26)28/h6-16,26-28H,1-5H3,(H,33,37)/t26-,27-,28+,32-/m0/s1. The summed E-state index contributed by atoms with van der Waals surface area (Å²) in [5, 5.41) is 3.01. The number of hydrogen-bond acceptors (Lipinski definition) is 8. The summed E-state index contributed by atoms with van der Waals surface area (Å²) >= 11 is 0. The summed E-state index contributed by atoms with van der Waals surface area (Å²) in [5.74, 6) is -0.418. The number of anilines is 2. The van der Waals surface area contributed by atoms with Crippen LogP contribution in [0.2, 0.25) is 0 Å². The molecular weight excluding hydrogens is 524 g/mol. The number of benzene rings is 3. The Bertz CT molecular complexity index is 1600. The van der Waals surface area contributed by atoms with E-state index in [1.165, 1.54) is 28.3 Å². The zero-order valence-electron chi connectivity index (χ0n) is 23.4. The smallest absolute Gasteiger partial charge is 0.238 e. The van der Waals surface area contributed by atoms with Crippen molar-refractivity contribution < 1.29 is 33.3 Å². The number of ether oxygens (including phenoxy) is 4. The molecule has 0 aromatic heterocycles. The predicted molar refractivity (Wildman–Crippen MR) is 153 cm³/mol. The molecule has 0 unspecified atom stereocenters. The summed E-state index contributed by atoms with van der Waals surface area (Å²) in [6.45, 7) is 1.47. The van der Waals surface area contributed by atoms with E-state index in [0.29, 0.717) is 34.2 Å². The molecule has 9 heteroatoms. The average Bonchev–Trinajstić information content (AvgIpc) is 3.48. The Balaban J connectivity index is 1.63. The second-order valence-corrected chi connectivity index (χ2v) is 10.3. The number of fused-ring (bicyclic) bond motifs is 6. The number of hydrogen-bond donors (Lipinski definition) is 1. The highest BCUT2D eigenvalue weighted by molar-refractivity contribution is 6.16. The first-order valence-electron chi connectivity index (χ1n) is 13.2. The molecule has 1 amide bonds. The molecule has 0 aliphatic carbocycles. The van der Waals surface area contributed by atoms with E-state index in [1.807, 2.05) is 59.5 Å². The van der Waals surface area contributed by atoms with Crippen molar-refractivity contribution in [2.75, 3.05) is 38.7 Å². The van der Waals surface area contributed by atoms with E-state index in [-0.39, 0.29) is 23.0 Å². The fraction of sp³-hybridized carbons (Fsp3) is 0.281. The largest absolute Gasteiger partial charge is 0.497 e. The average molecular weight is 555 g/mol. The van der Waals surface area contributed by atoms with Crippen LogP contribution in [0.4, 0.5) is 11.4 Å². The van der Waals surface area contributed by atoms with Crippen molar-refractivity contribution in [3.8, 4) is 23.0 Å². The fourth-order valence-corrected chi connectivity index (χ4v) is 6.84. The highest BCUT2D eigenvalue weighted by Gasteiger charge is 2.69. The molecule has 0 saturated carbocycles. The molecule has 1 fully saturated rings. The van der Waals surface area contributed by atoms with E-state index < -0.39 is 23.4 Å². The fourth-order valence-electron chi connectivity index (χ4n) is 6.84. The van der Waals surface area contributed by atoms with E-state index in [0.717, 1.165) is 11.3 Å². The van der Waals surface area contributed by atoms with Crippen molar-refractivity contribution in [1.82, 2.24) is 0 Å². The molecule has 3 aromatic carbocycles. The van der Waals surface area contributed by atoms with Crippen molar-refractivity contribution >= 4 is 34.9 Å². The molecule has 1 spiro atoms. The Morgan fingerprint density at radius 3 is 2.24 bits per heavy atom. The van der Waals surface area contributed by atoms with Gasteiger partial charge in [0, 0.05) is 22.5 Å². The van der Waals surface area contributed by atoms with Crippen LogP contribution in [0.25, 0.3) is 6.08 Å². The lowest BCUT2D eigenvalue weighted by molar-refractivity contribution is -0.122. The maximum atomic E-state index is 14.8. The number of carbonyl (C=O) groups excluding carboxylic acids is 3. The minimum atomic E-state index is -1.39. The molecule has 3 aliphatic heterocycles. The molecule has 3 aromatic rings. The predicted octanol–water partition coefficient (Wildman–Crippen LogP) is 4.28. The van der Waals surface area contributed by atoms with Crippen molar-refractivity contribution in [1.29, 1.82) is 0 Å². The molecule has 1 N–H and O–H groups in total. The third-order valence-electron chi connectivity index (χ3n) is 8.49. The number of Topliss-reactive ketones (excluding diaryl/α,β-unsaturated/α-hetero) is 2. The molecule has 4 atom stereocenters. The van der Waals surface area contributed by atoms with Gasteiger partial charge in [-0.05, 0) is 48.9 Å². The number of amides is 1. The zero-order chi connectivity index (χ0) is 29.1. The number of para-hydroxylation sites is 1. The quantitative estimate of drug-likeness (QED) is 0.432. The van der Waals surface area contributed by atoms with Crippen molar-refractivity contribution in [2.24, 2.45) is 5.92 Å². The topological polar surface area (TPSA) is 103 Å². The van der Waals surface area contributed by atoms with Gasteiger partial charge in [-0.25, -0.2) is 0 Å². The lowest BCUT2D eigenvalue weighted by Gasteiger charge is -2.37. The third kappa shape index (κ3) is 3.58. The van der Waals surface area contributed by atoms with E-state index >= 15 is 0 Å². The molecule has 6 rings (SSSR count). The van der Waals surface area contributed by atoms with Crippen LogP contribution in [0, 0.1) is 5.92 Å². The summed E-state index contributed by atoms with van der Waals surface area (Å²) in [4.78, 5) is 44.6. The SMILES string of the molecule is COc1ccc2c(c1)C=C[C@@H]1N2[C@H](C(C)=O)[C@@H](C(=O)c2cc(OC)c(OC)c(OC)c2)[C@@]12C(=O)Nc1ccccc12. The maximum absolute atomic E-state index is 14.8. The minimum absolute atomic E-state index is 0.230. The Labute approximate surface area is 237 Å². The normalized spacial score (nSPS) is 23.4. The van der Waals surface area contributed by atoms with Crippen LogP contribution in [0.3, 0.4) is 0 Å². The summed E-state index contributed by atoms with van der Waals surface area (Å²) < 4.78 is 21.9. The number of nitrogens with zero attached hydrogens (tertiary/aromatic N) is 1. The molecule has 3 aliphatic rings. The highest BCUT2D eigenvalue weighted by atomic mass is 16.5. The van der Waals surface area contributed by atoms with Gasteiger partial charge in [-0.3, -0.25) is 14.4 Å². The monoisotopic (exact) mass is 554 g/mol. The molecular formula is C32H30N2O7. The molecule has 210 valence electrons. The lowest BCUT2D eigenvalue weighted by atomic mass is 9.64. The van der Waals surface area contributed by atoms with Gasteiger partial charge < -0.3 is 29.2 Å². The first kappa shape index (κ1) is 26.4. The van der Waals surface area contributed by atoms with Crippen LogP contribution in [0.5, 0.6) is 23.0 Å². The Morgan fingerprint density at radius 2 is 1.61 bits per heavy atom. The van der Waals surface area contributed by atoms with Gasteiger partial charge in [-0.1, -0.05) is 30.4 Å². The zero-order valence-corrected chi connectivity index (χ0v) is 23.4. The van der Waals surface area contributed by atoms with E-state index in [4.69, 9.17) is 18.9 Å². The van der Waals surface area contributed by atoms with Gasteiger partial charge in [0.05, 0.1) is 46.4 Å². The molecule has 9 nitrogen and oxygen atoms in total. The van der Waals surface area contributed by atoms with Crippen molar-refractivity contribution in [3.63, 3.8) is 0 Å². The second-order valence-electron chi connectivity index (χ2n) is 10.3. The molecule has 41 heavy (non-hydrogen) atoms. The third-order valence-corrected chi connectivity index (χ3v) is 8.49. The number of ketones is 2. The number of rotatable bonds is 7. The maximum Gasteiger partial charge on any atom is 0.238 e. The van der Waals surface area contributed by atoms with E-state index in [9.17, 15) is 14.4 Å². The summed E-state index contributed by atoms with van der Waals surface area (Å²) in [5.41, 5.74) is 1.73.